The van der Waals surface area contributed by atoms with Crippen LogP contribution in [0.5, 0.6) is 5.75 Å². The lowest BCUT2D eigenvalue weighted by Gasteiger charge is -2.61. The molecular weight excluding hydrogens is 455 g/mol. The molecule has 0 unspecified atom stereocenters. The molecular formula is C22H24F3N5O4. The third-order valence-corrected chi connectivity index (χ3v) is 6.10. The van der Waals surface area contributed by atoms with Crippen molar-refractivity contribution in [2.75, 3.05) is 25.0 Å². The second-order valence-corrected chi connectivity index (χ2v) is 8.83. The summed E-state index contributed by atoms with van der Waals surface area (Å²) in [7, 11) is 0. The van der Waals surface area contributed by atoms with E-state index in [1.165, 1.54) is 29.4 Å². The zero-order valence-corrected chi connectivity index (χ0v) is 18.6. The molecule has 12 heteroatoms. The molecule has 1 spiro atoms. The number of carboxylic acid groups (broad SMARTS) is 1. The first-order valence-corrected chi connectivity index (χ1v) is 10.7. The quantitative estimate of drug-likeness (QED) is 0.651. The summed E-state index contributed by atoms with van der Waals surface area (Å²) in [5.41, 5.74) is 1.09. The number of alkyl halides is 3. The monoisotopic (exact) mass is 479 g/mol. The smallest absolute Gasteiger partial charge is 0.465 e. The molecule has 0 bridgehead atoms. The second-order valence-electron chi connectivity index (χ2n) is 8.83. The van der Waals surface area contributed by atoms with E-state index < -0.39 is 18.0 Å². The maximum Gasteiger partial charge on any atom is 0.573 e. The highest BCUT2D eigenvalue weighted by atomic mass is 19.4. The molecule has 4 rings (SSSR count). The molecule has 1 aromatic heterocycles. The fourth-order valence-corrected chi connectivity index (χ4v) is 4.17. The van der Waals surface area contributed by atoms with Crippen LogP contribution in [0.25, 0.3) is 0 Å². The summed E-state index contributed by atoms with van der Waals surface area (Å²) < 4.78 is 42.1. The van der Waals surface area contributed by atoms with E-state index >= 15 is 0 Å². The average molecular weight is 479 g/mol. The minimum atomic E-state index is -4.79. The molecule has 2 N–H and O–H groups in total. The number of nitrogens with zero attached hydrogens (tertiary/aromatic N) is 4. The summed E-state index contributed by atoms with van der Waals surface area (Å²) in [6.07, 6.45) is -2.29. The highest BCUT2D eigenvalue weighted by Gasteiger charge is 2.56. The Morgan fingerprint density at radius 3 is 2.41 bits per heavy atom. The third-order valence-electron chi connectivity index (χ3n) is 6.10. The van der Waals surface area contributed by atoms with Crippen LogP contribution in [0.3, 0.4) is 0 Å². The van der Waals surface area contributed by atoms with E-state index in [0.29, 0.717) is 30.8 Å². The first-order valence-electron chi connectivity index (χ1n) is 10.7. The molecule has 2 aliphatic heterocycles. The van der Waals surface area contributed by atoms with Gasteiger partial charge in [-0.25, -0.2) is 14.8 Å². The van der Waals surface area contributed by atoms with Crippen molar-refractivity contribution < 1.29 is 32.6 Å². The van der Waals surface area contributed by atoms with Crippen LogP contribution in [0.15, 0.2) is 30.6 Å². The molecule has 182 valence electrons. The maximum atomic E-state index is 12.8. The lowest BCUT2D eigenvalue weighted by atomic mass is 9.77. The van der Waals surface area contributed by atoms with E-state index in [1.54, 1.807) is 11.0 Å². The Hall–Kier alpha value is -3.57. The Morgan fingerprint density at radius 2 is 1.88 bits per heavy atom. The molecule has 2 fully saturated rings. The maximum absolute atomic E-state index is 12.8. The Kier molecular flexibility index (Phi) is 6.00. The van der Waals surface area contributed by atoms with Crippen LogP contribution in [-0.2, 0) is 6.54 Å². The van der Waals surface area contributed by atoms with Crippen molar-refractivity contribution in [1.82, 2.24) is 19.8 Å². The molecule has 2 amide bonds. The van der Waals surface area contributed by atoms with Crippen LogP contribution in [0.4, 0.5) is 23.9 Å². The van der Waals surface area contributed by atoms with Gasteiger partial charge in [-0.1, -0.05) is 19.9 Å². The number of hydrogen-bond donors (Lipinski definition) is 2. The second kappa shape index (κ2) is 8.65. The van der Waals surface area contributed by atoms with Crippen LogP contribution < -0.4 is 10.1 Å². The van der Waals surface area contributed by atoms with Crippen molar-refractivity contribution in [2.45, 2.75) is 44.6 Å². The fraction of sp³-hybridized carbons (Fsp3) is 0.455. The van der Waals surface area contributed by atoms with Crippen molar-refractivity contribution in [3.05, 3.63) is 47.3 Å². The molecule has 3 heterocycles. The van der Waals surface area contributed by atoms with Crippen molar-refractivity contribution in [2.24, 2.45) is 0 Å². The Labute approximate surface area is 193 Å². The van der Waals surface area contributed by atoms with E-state index in [1.807, 2.05) is 13.8 Å². The average Bonchev–Trinajstić information content (AvgIpc) is 2.69. The number of nitrogens with one attached hydrogen (secondary N) is 1. The van der Waals surface area contributed by atoms with Crippen molar-refractivity contribution in [1.29, 1.82) is 0 Å². The van der Waals surface area contributed by atoms with Gasteiger partial charge in [-0.15, -0.1) is 13.2 Å². The predicted molar refractivity (Wildman–Crippen MR) is 115 cm³/mol. The normalized spacial score (nSPS) is 16.8. The first kappa shape index (κ1) is 23.6. The molecule has 1 aromatic carbocycles. The highest BCUT2D eigenvalue weighted by Crippen LogP contribution is 2.40. The topological polar surface area (TPSA) is 108 Å². The van der Waals surface area contributed by atoms with Gasteiger partial charge in [-0.2, -0.15) is 0 Å². The van der Waals surface area contributed by atoms with E-state index in [2.05, 4.69) is 20.0 Å². The first-order chi connectivity index (χ1) is 16.0. The van der Waals surface area contributed by atoms with E-state index in [0.717, 1.165) is 6.42 Å². The van der Waals surface area contributed by atoms with E-state index in [-0.39, 0.29) is 35.6 Å². The summed E-state index contributed by atoms with van der Waals surface area (Å²) in [6, 6.07) is 4.44. The molecule has 0 saturated carbocycles. The Balaban J connectivity index is 1.39. The number of aromatic nitrogens is 2. The summed E-state index contributed by atoms with van der Waals surface area (Å²) in [6.45, 7) is 5.03. The molecule has 2 aromatic rings. The van der Waals surface area contributed by atoms with Gasteiger partial charge < -0.3 is 25.0 Å². The lowest BCUT2D eigenvalue weighted by molar-refractivity contribution is -0.274. The number of anilines is 1. The Bertz CT molecular complexity index is 1080. The van der Waals surface area contributed by atoms with Gasteiger partial charge in [0.2, 0.25) is 5.95 Å². The number of ether oxygens (including phenoxy) is 1. The molecule has 0 atom stereocenters. The SMILES string of the molecule is CC(C)c1cc(CNc2ncc(C(=O)N3CCC34CN(C(=O)O)C4)cn2)cc(OC(F)(F)F)c1. The van der Waals surface area contributed by atoms with Gasteiger partial charge in [0.1, 0.15) is 5.75 Å². The van der Waals surface area contributed by atoms with Crippen LogP contribution in [-0.4, -0.2) is 68.4 Å². The zero-order valence-electron chi connectivity index (χ0n) is 18.6. The molecule has 34 heavy (non-hydrogen) atoms. The summed E-state index contributed by atoms with van der Waals surface area (Å²) in [4.78, 5) is 35.0. The van der Waals surface area contributed by atoms with Gasteiger partial charge in [-0.3, -0.25) is 4.79 Å². The van der Waals surface area contributed by atoms with Crippen molar-refractivity contribution in [3.63, 3.8) is 0 Å². The molecule has 0 radical (unpaired) electrons. The highest BCUT2D eigenvalue weighted by molar-refractivity contribution is 5.95. The van der Waals surface area contributed by atoms with Crippen LogP contribution >= 0.6 is 0 Å². The number of amides is 2. The molecule has 2 saturated heterocycles. The number of rotatable bonds is 6. The van der Waals surface area contributed by atoms with Crippen LogP contribution in [0, 0.1) is 0 Å². The van der Waals surface area contributed by atoms with Crippen molar-refractivity contribution in [3.8, 4) is 5.75 Å². The zero-order chi connectivity index (χ0) is 24.7. The van der Waals surface area contributed by atoms with Crippen LogP contribution in [0.1, 0.15) is 47.7 Å². The van der Waals surface area contributed by atoms with E-state index in [9.17, 15) is 22.8 Å². The predicted octanol–water partition coefficient (Wildman–Crippen LogP) is 3.69. The number of hydrogen-bond acceptors (Lipinski definition) is 6. The summed E-state index contributed by atoms with van der Waals surface area (Å²) in [5.74, 6) is -0.344. The number of likely N-dealkylation sites (tertiary alicyclic amines) is 2. The van der Waals surface area contributed by atoms with E-state index in [4.69, 9.17) is 5.11 Å². The molecule has 2 aliphatic rings. The Morgan fingerprint density at radius 1 is 1.21 bits per heavy atom. The third kappa shape index (κ3) is 4.85. The van der Waals surface area contributed by atoms with Gasteiger partial charge >= 0.3 is 12.5 Å². The fourth-order valence-electron chi connectivity index (χ4n) is 4.17. The standard InChI is InChI=1S/C22H24F3N5O4/c1-13(2)15-5-14(6-17(7-15)34-22(23,24)25)8-26-19-27-9-16(10-28-19)18(31)30-4-3-21(30)11-29(12-21)20(32)33/h5-7,9-10,13H,3-4,8,11-12H2,1-2H3,(H,32,33)(H,26,27,28). The number of benzene rings is 1. The lowest BCUT2D eigenvalue weighted by Crippen LogP contribution is -2.78. The van der Waals surface area contributed by atoms with Gasteiger partial charge in [0, 0.05) is 38.6 Å². The van der Waals surface area contributed by atoms with Gasteiger partial charge in [-0.05, 0) is 35.6 Å². The molecule has 9 nitrogen and oxygen atoms in total. The van der Waals surface area contributed by atoms with Gasteiger partial charge in [0.25, 0.3) is 5.91 Å². The number of halogens is 3. The summed E-state index contributed by atoms with van der Waals surface area (Å²) >= 11 is 0. The largest absolute Gasteiger partial charge is 0.573 e. The summed E-state index contributed by atoms with van der Waals surface area (Å²) in [5, 5.41) is 12.0. The molecule has 0 aliphatic carbocycles. The minimum absolute atomic E-state index is 0.000115. The van der Waals surface area contributed by atoms with Crippen LogP contribution in [0.2, 0.25) is 0 Å². The minimum Gasteiger partial charge on any atom is -0.465 e. The number of carbonyl (C=O) groups excluding carboxylic acids is 1. The van der Waals surface area contributed by atoms with Gasteiger partial charge in [0.05, 0.1) is 11.1 Å². The van der Waals surface area contributed by atoms with Gasteiger partial charge in [0.15, 0.2) is 0 Å². The van der Waals surface area contributed by atoms with Crippen molar-refractivity contribution >= 4 is 17.9 Å². The number of carbonyl (C=O) groups is 2.